The van der Waals surface area contributed by atoms with Crippen LogP contribution in [0.3, 0.4) is 0 Å². The van der Waals surface area contributed by atoms with Crippen molar-refractivity contribution in [2.45, 2.75) is 25.4 Å². The highest BCUT2D eigenvalue weighted by Gasteiger charge is 2.12. The summed E-state index contributed by atoms with van der Waals surface area (Å²) in [6.45, 7) is 0. The van der Waals surface area contributed by atoms with Gasteiger partial charge in [0.05, 0.1) is 6.10 Å². The van der Waals surface area contributed by atoms with Gasteiger partial charge in [0.25, 0.3) is 0 Å². The number of allylic oxidation sites excluding steroid dienone is 1. The van der Waals surface area contributed by atoms with E-state index >= 15 is 0 Å². The molecule has 0 amide bonds. The molecule has 0 saturated carbocycles. The summed E-state index contributed by atoms with van der Waals surface area (Å²) in [7, 11) is 0. The summed E-state index contributed by atoms with van der Waals surface area (Å²) < 4.78 is 0. The van der Waals surface area contributed by atoms with E-state index in [9.17, 15) is 5.11 Å². The molecule has 0 spiro atoms. The second kappa shape index (κ2) is 5.41. The van der Waals surface area contributed by atoms with Crippen LogP contribution in [0.4, 0.5) is 0 Å². The number of benzene rings is 2. The lowest BCUT2D eigenvalue weighted by Crippen LogP contribution is -2.08. The van der Waals surface area contributed by atoms with E-state index in [1.54, 1.807) is 0 Å². The Morgan fingerprint density at radius 3 is 2.11 bits per heavy atom. The fraction of sp³-hybridized carbons (Fsp3) is 0.222. The van der Waals surface area contributed by atoms with Crippen LogP contribution in [-0.2, 0) is 0 Å². The van der Waals surface area contributed by atoms with Crippen LogP contribution in [0.5, 0.6) is 0 Å². The Labute approximate surface area is 114 Å². The van der Waals surface area contributed by atoms with E-state index in [1.165, 1.54) is 22.3 Å². The first-order chi connectivity index (χ1) is 9.33. The lowest BCUT2D eigenvalue weighted by atomic mass is 9.91. The molecule has 2 aromatic rings. The topological polar surface area (TPSA) is 20.2 Å². The van der Waals surface area contributed by atoms with Gasteiger partial charge in [-0.15, -0.1) is 0 Å². The van der Waals surface area contributed by atoms with Crippen molar-refractivity contribution < 1.29 is 5.11 Å². The molecular formula is C18H18O. The summed E-state index contributed by atoms with van der Waals surface area (Å²) in [6.07, 6.45) is 4.78. The van der Waals surface area contributed by atoms with Gasteiger partial charge in [-0.2, -0.15) is 0 Å². The quantitative estimate of drug-likeness (QED) is 0.843. The van der Waals surface area contributed by atoms with Gasteiger partial charge >= 0.3 is 0 Å². The highest BCUT2D eigenvalue weighted by molar-refractivity contribution is 5.71. The Bertz CT molecular complexity index is 566. The summed E-state index contributed by atoms with van der Waals surface area (Å²) in [5, 5.41) is 9.70. The zero-order valence-corrected chi connectivity index (χ0v) is 10.9. The zero-order chi connectivity index (χ0) is 13.1. The molecule has 1 aliphatic rings. The molecular weight excluding hydrogens is 232 g/mol. The first-order valence-electron chi connectivity index (χ1n) is 6.87. The van der Waals surface area contributed by atoms with Gasteiger partial charge in [0.2, 0.25) is 0 Å². The molecule has 1 atom stereocenters. The summed E-state index contributed by atoms with van der Waals surface area (Å²) >= 11 is 0. The van der Waals surface area contributed by atoms with Gasteiger partial charge in [0.15, 0.2) is 0 Å². The highest BCUT2D eigenvalue weighted by atomic mass is 16.3. The van der Waals surface area contributed by atoms with Crippen molar-refractivity contribution in [3.63, 3.8) is 0 Å². The third kappa shape index (κ3) is 2.77. The van der Waals surface area contributed by atoms with Crippen LogP contribution in [0, 0.1) is 0 Å². The minimum atomic E-state index is -0.266. The highest BCUT2D eigenvalue weighted by Crippen LogP contribution is 2.28. The molecule has 96 valence electrons. The third-order valence-electron chi connectivity index (χ3n) is 3.70. The monoisotopic (exact) mass is 250 g/mol. The Hall–Kier alpha value is -1.86. The molecule has 0 fully saturated rings. The first-order valence-corrected chi connectivity index (χ1v) is 6.87. The van der Waals surface area contributed by atoms with Gasteiger partial charge in [-0.05, 0) is 41.5 Å². The molecule has 0 heterocycles. The lowest BCUT2D eigenvalue weighted by Gasteiger charge is -2.17. The number of hydrogen-bond acceptors (Lipinski definition) is 1. The van der Waals surface area contributed by atoms with Gasteiger partial charge in [0, 0.05) is 0 Å². The van der Waals surface area contributed by atoms with E-state index in [2.05, 4.69) is 48.5 Å². The Balaban J connectivity index is 1.87. The molecule has 1 heteroatoms. The van der Waals surface area contributed by atoms with Crippen LogP contribution in [0.25, 0.3) is 16.7 Å². The summed E-state index contributed by atoms with van der Waals surface area (Å²) in [4.78, 5) is 0. The Morgan fingerprint density at radius 1 is 0.789 bits per heavy atom. The van der Waals surface area contributed by atoms with Crippen molar-refractivity contribution in [3.05, 3.63) is 66.2 Å². The zero-order valence-electron chi connectivity index (χ0n) is 10.9. The Morgan fingerprint density at radius 2 is 1.42 bits per heavy atom. The van der Waals surface area contributed by atoms with E-state index in [4.69, 9.17) is 0 Å². The van der Waals surface area contributed by atoms with E-state index in [1.807, 2.05) is 12.1 Å². The predicted molar refractivity (Wildman–Crippen MR) is 79.7 cm³/mol. The minimum absolute atomic E-state index is 0.266. The van der Waals surface area contributed by atoms with Crippen LogP contribution in [0.2, 0.25) is 0 Å². The molecule has 0 radical (unpaired) electrons. The van der Waals surface area contributed by atoms with E-state index in [0.29, 0.717) is 0 Å². The number of aliphatic hydroxyl groups is 1. The van der Waals surface area contributed by atoms with Gasteiger partial charge in [-0.3, -0.25) is 0 Å². The fourth-order valence-electron chi connectivity index (χ4n) is 2.65. The second-order valence-electron chi connectivity index (χ2n) is 5.09. The second-order valence-corrected chi connectivity index (χ2v) is 5.09. The number of hydrogen-bond donors (Lipinski definition) is 1. The minimum Gasteiger partial charge on any atom is -0.389 e. The molecule has 1 aliphatic carbocycles. The molecule has 1 unspecified atom stereocenters. The maximum atomic E-state index is 9.70. The largest absolute Gasteiger partial charge is 0.389 e. The van der Waals surface area contributed by atoms with Gasteiger partial charge in [-0.1, -0.05) is 60.7 Å². The molecule has 2 aromatic carbocycles. The maximum absolute atomic E-state index is 9.70. The average Bonchev–Trinajstić information content (AvgIpc) is 2.48. The number of aliphatic hydroxyl groups excluding tert-OH is 1. The maximum Gasteiger partial charge on any atom is 0.0726 e. The number of rotatable bonds is 2. The van der Waals surface area contributed by atoms with Crippen molar-refractivity contribution in [2.75, 3.05) is 0 Å². The molecule has 1 N–H and O–H groups in total. The van der Waals surface area contributed by atoms with Crippen LogP contribution in [0.1, 0.15) is 24.8 Å². The van der Waals surface area contributed by atoms with Crippen molar-refractivity contribution >= 4 is 5.57 Å². The SMILES string of the molecule is OC1C=C(c2ccc(-c3ccccc3)cc2)CCC1. The van der Waals surface area contributed by atoms with Crippen molar-refractivity contribution in [1.29, 1.82) is 0 Å². The van der Waals surface area contributed by atoms with E-state index in [-0.39, 0.29) is 6.10 Å². The predicted octanol–water partition coefficient (Wildman–Crippen LogP) is 4.28. The molecule has 0 aromatic heterocycles. The van der Waals surface area contributed by atoms with Crippen molar-refractivity contribution in [3.8, 4) is 11.1 Å². The van der Waals surface area contributed by atoms with Gasteiger partial charge < -0.3 is 5.11 Å². The fourth-order valence-corrected chi connectivity index (χ4v) is 2.65. The van der Waals surface area contributed by atoms with Gasteiger partial charge in [0.1, 0.15) is 0 Å². The lowest BCUT2D eigenvalue weighted by molar-refractivity contribution is 0.206. The van der Waals surface area contributed by atoms with Crippen molar-refractivity contribution in [2.24, 2.45) is 0 Å². The molecule has 0 aliphatic heterocycles. The summed E-state index contributed by atoms with van der Waals surface area (Å²) in [5.74, 6) is 0. The van der Waals surface area contributed by atoms with Gasteiger partial charge in [-0.25, -0.2) is 0 Å². The molecule has 19 heavy (non-hydrogen) atoms. The molecule has 0 bridgehead atoms. The van der Waals surface area contributed by atoms with Crippen LogP contribution < -0.4 is 0 Å². The van der Waals surface area contributed by atoms with Crippen molar-refractivity contribution in [1.82, 2.24) is 0 Å². The summed E-state index contributed by atoms with van der Waals surface area (Å²) in [5.41, 5.74) is 4.99. The van der Waals surface area contributed by atoms with E-state index < -0.39 is 0 Å². The standard InChI is InChI=1S/C18H18O/c19-18-8-4-7-17(13-18)16-11-9-15(10-12-16)14-5-2-1-3-6-14/h1-3,5-6,9-13,18-19H,4,7-8H2. The first kappa shape index (κ1) is 12.2. The summed E-state index contributed by atoms with van der Waals surface area (Å²) in [6, 6.07) is 19.0. The molecule has 3 rings (SSSR count). The van der Waals surface area contributed by atoms with Crippen LogP contribution in [-0.4, -0.2) is 11.2 Å². The Kier molecular flexibility index (Phi) is 3.47. The normalized spacial score (nSPS) is 19.0. The van der Waals surface area contributed by atoms with E-state index in [0.717, 1.165) is 19.3 Å². The van der Waals surface area contributed by atoms with Crippen LogP contribution >= 0.6 is 0 Å². The molecule has 1 nitrogen and oxygen atoms in total. The van der Waals surface area contributed by atoms with Crippen LogP contribution in [0.15, 0.2) is 60.7 Å². The third-order valence-corrected chi connectivity index (χ3v) is 3.70. The smallest absolute Gasteiger partial charge is 0.0726 e. The molecule has 0 saturated heterocycles. The average molecular weight is 250 g/mol.